The molecule has 1 atom stereocenters. The molecule has 0 radical (unpaired) electrons. The Morgan fingerprint density at radius 2 is 1.59 bits per heavy atom. The maximum absolute atomic E-state index is 12.8. The van der Waals surface area contributed by atoms with Crippen molar-refractivity contribution < 1.29 is 14.4 Å². The van der Waals surface area contributed by atoms with E-state index in [2.05, 4.69) is 10.6 Å². The van der Waals surface area contributed by atoms with Crippen molar-refractivity contribution in [3.8, 4) is 0 Å². The van der Waals surface area contributed by atoms with Crippen molar-refractivity contribution in [1.29, 1.82) is 0 Å². The molecule has 3 rings (SSSR count). The maximum Gasteiger partial charge on any atom is 0.255 e. The van der Waals surface area contributed by atoms with Crippen molar-refractivity contribution in [3.63, 3.8) is 0 Å². The lowest BCUT2D eigenvalue weighted by atomic mass is 10.1. The predicted octanol–water partition coefficient (Wildman–Crippen LogP) is 6.30. The standard InChI is InChI=1S/C25H23ClN2O3S/c1-3-23(25(31)27-20-12-10-17(11-13-20)16(2)29)32-22-9-5-8-21(15-22)28-24(30)18-6-4-7-19(26)14-18/h4-15,23H,3H2,1-2H3,(H,27,31)(H,28,30). The zero-order valence-electron chi connectivity index (χ0n) is 17.7. The summed E-state index contributed by atoms with van der Waals surface area (Å²) in [5.74, 6) is -0.401. The third-order valence-electron chi connectivity index (χ3n) is 4.68. The average Bonchev–Trinajstić information content (AvgIpc) is 2.78. The number of halogens is 1. The highest BCUT2D eigenvalue weighted by Crippen LogP contribution is 2.29. The van der Waals surface area contributed by atoms with Gasteiger partial charge in [-0.1, -0.05) is 30.7 Å². The smallest absolute Gasteiger partial charge is 0.255 e. The van der Waals surface area contributed by atoms with Crippen LogP contribution >= 0.6 is 23.4 Å². The lowest BCUT2D eigenvalue weighted by molar-refractivity contribution is -0.115. The van der Waals surface area contributed by atoms with E-state index in [1.54, 1.807) is 54.6 Å². The summed E-state index contributed by atoms with van der Waals surface area (Å²) in [6, 6.07) is 20.9. The summed E-state index contributed by atoms with van der Waals surface area (Å²) in [4.78, 5) is 37.5. The van der Waals surface area contributed by atoms with Crippen molar-refractivity contribution >= 4 is 52.3 Å². The molecule has 0 saturated carbocycles. The summed E-state index contributed by atoms with van der Waals surface area (Å²) in [6.45, 7) is 3.45. The van der Waals surface area contributed by atoms with Gasteiger partial charge in [-0.05, 0) is 74.0 Å². The molecule has 0 saturated heterocycles. The van der Waals surface area contributed by atoms with Crippen LogP contribution in [0.5, 0.6) is 0 Å². The van der Waals surface area contributed by atoms with Crippen LogP contribution in [0.2, 0.25) is 5.02 Å². The largest absolute Gasteiger partial charge is 0.325 e. The van der Waals surface area contributed by atoms with Gasteiger partial charge >= 0.3 is 0 Å². The van der Waals surface area contributed by atoms with E-state index >= 15 is 0 Å². The highest BCUT2D eigenvalue weighted by atomic mass is 35.5. The molecular weight excluding hydrogens is 444 g/mol. The minimum atomic E-state index is -0.318. The summed E-state index contributed by atoms with van der Waals surface area (Å²) in [5, 5.41) is 5.94. The Hall–Kier alpha value is -3.09. The second kappa shape index (κ2) is 11.0. The average molecular weight is 467 g/mol. The zero-order chi connectivity index (χ0) is 23.1. The Labute approximate surface area is 196 Å². The number of nitrogens with one attached hydrogen (secondary N) is 2. The third-order valence-corrected chi connectivity index (χ3v) is 6.27. The first-order chi connectivity index (χ1) is 15.4. The number of Topliss-reactive ketones (excluding diaryl/α,β-unsaturated/α-hetero) is 1. The summed E-state index contributed by atoms with van der Waals surface area (Å²) in [5.41, 5.74) is 2.34. The minimum Gasteiger partial charge on any atom is -0.325 e. The van der Waals surface area contributed by atoms with Crippen molar-refractivity contribution in [2.45, 2.75) is 30.4 Å². The normalized spacial score (nSPS) is 11.5. The molecule has 164 valence electrons. The number of benzene rings is 3. The van der Waals surface area contributed by atoms with Gasteiger partial charge < -0.3 is 10.6 Å². The molecule has 0 aliphatic heterocycles. The molecule has 0 spiro atoms. The van der Waals surface area contributed by atoms with Crippen LogP contribution < -0.4 is 10.6 Å². The second-order valence-electron chi connectivity index (χ2n) is 7.13. The second-order valence-corrected chi connectivity index (χ2v) is 8.84. The lowest BCUT2D eigenvalue weighted by Gasteiger charge is -2.15. The number of ketones is 1. The van der Waals surface area contributed by atoms with Gasteiger partial charge in [-0.3, -0.25) is 14.4 Å². The van der Waals surface area contributed by atoms with Crippen LogP contribution in [0.3, 0.4) is 0 Å². The highest BCUT2D eigenvalue weighted by molar-refractivity contribution is 8.00. The summed E-state index contributed by atoms with van der Waals surface area (Å²) < 4.78 is 0. The summed E-state index contributed by atoms with van der Waals surface area (Å²) >= 11 is 7.39. The number of hydrogen-bond donors (Lipinski definition) is 2. The van der Waals surface area contributed by atoms with Gasteiger partial charge in [-0.2, -0.15) is 0 Å². The van der Waals surface area contributed by atoms with Gasteiger partial charge in [-0.25, -0.2) is 0 Å². The minimum absolute atomic E-state index is 0.0211. The molecule has 32 heavy (non-hydrogen) atoms. The number of thioether (sulfide) groups is 1. The maximum atomic E-state index is 12.8. The summed E-state index contributed by atoms with van der Waals surface area (Å²) in [6.07, 6.45) is 0.626. The van der Waals surface area contributed by atoms with E-state index in [1.165, 1.54) is 18.7 Å². The molecule has 2 N–H and O–H groups in total. The number of rotatable bonds is 8. The fraction of sp³-hybridized carbons (Fsp3) is 0.160. The molecule has 0 bridgehead atoms. The van der Waals surface area contributed by atoms with Crippen molar-refractivity contribution in [2.24, 2.45) is 0 Å². The van der Waals surface area contributed by atoms with E-state index in [0.717, 1.165) is 4.90 Å². The van der Waals surface area contributed by atoms with Crippen LogP contribution in [0.15, 0.2) is 77.7 Å². The number of hydrogen-bond acceptors (Lipinski definition) is 4. The van der Waals surface area contributed by atoms with Gasteiger partial charge in [0.1, 0.15) is 0 Å². The van der Waals surface area contributed by atoms with E-state index in [-0.39, 0.29) is 22.8 Å². The van der Waals surface area contributed by atoms with E-state index < -0.39 is 0 Å². The monoisotopic (exact) mass is 466 g/mol. The van der Waals surface area contributed by atoms with Crippen LogP contribution in [-0.2, 0) is 4.79 Å². The molecule has 3 aromatic rings. The molecule has 5 nitrogen and oxygen atoms in total. The molecule has 1 unspecified atom stereocenters. The van der Waals surface area contributed by atoms with Crippen molar-refractivity contribution in [2.75, 3.05) is 10.6 Å². The SMILES string of the molecule is CCC(Sc1cccc(NC(=O)c2cccc(Cl)c2)c1)C(=O)Nc1ccc(C(C)=O)cc1. The lowest BCUT2D eigenvalue weighted by Crippen LogP contribution is -2.24. The van der Waals surface area contributed by atoms with Crippen LogP contribution in [0.25, 0.3) is 0 Å². The molecule has 0 fully saturated rings. The topological polar surface area (TPSA) is 75.3 Å². The van der Waals surface area contributed by atoms with E-state index in [4.69, 9.17) is 11.6 Å². The van der Waals surface area contributed by atoms with Gasteiger partial charge in [0.25, 0.3) is 5.91 Å². The molecule has 3 aromatic carbocycles. The number of anilines is 2. The van der Waals surface area contributed by atoms with Gasteiger partial charge in [0.15, 0.2) is 5.78 Å². The Bertz CT molecular complexity index is 1130. The van der Waals surface area contributed by atoms with Crippen LogP contribution in [0.1, 0.15) is 41.0 Å². The summed E-state index contributed by atoms with van der Waals surface area (Å²) in [7, 11) is 0. The Morgan fingerprint density at radius 3 is 2.25 bits per heavy atom. The first kappa shape index (κ1) is 23.6. The molecule has 7 heteroatoms. The number of carbonyl (C=O) groups is 3. The molecule has 0 aliphatic rings. The third kappa shape index (κ3) is 6.45. The van der Waals surface area contributed by atoms with Crippen molar-refractivity contribution in [1.82, 2.24) is 0 Å². The Kier molecular flexibility index (Phi) is 8.09. The first-order valence-electron chi connectivity index (χ1n) is 10.1. The number of amides is 2. The fourth-order valence-corrected chi connectivity index (χ4v) is 4.18. The number of carbonyl (C=O) groups excluding carboxylic acids is 3. The quantitative estimate of drug-likeness (QED) is 0.301. The van der Waals surface area contributed by atoms with Crippen LogP contribution in [-0.4, -0.2) is 22.8 Å². The molecule has 0 aliphatic carbocycles. The molecular formula is C25H23ClN2O3S. The molecule has 0 aromatic heterocycles. The van der Waals surface area contributed by atoms with E-state index in [9.17, 15) is 14.4 Å². The Balaban J connectivity index is 1.65. The fourth-order valence-electron chi connectivity index (χ4n) is 2.98. The Morgan fingerprint density at radius 1 is 0.875 bits per heavy atom. The van der Waals surface area contributed by atoms with Gasteiger partial charge in [0.2, 0.25) is 5.91 Å². The van der Waals surface area contributed by atoms with Gasteiger partial charge in [0.05, 0.1) is 5.25 Å². The predicted molar refractivity (Wildman–Crippen MR) is 131 cm³/mol. The van der Waals surface area contributed by atoms with Crippen molar-refractivity contribution in [3.05, 3.63) is 88.9 Å². The van der Waals surface area contributed by atoms with Gasteiger partial charge in [0, 0.05) is 32.4 Å². The highest BCUT2D eigenvalue weighted by Gasteiger charge is 2.18. The first-order valence-corrected chi connectivity index (χ1v) is 11.4. The van der Waals surface area contributed by atoms with E-state index in [1.807, 2.05) is 25.1 Å². The van der Waals surface area contributed by atoms with Crippen LogP contribution in [0, 0.1) is 0 Å². The van der Waals surface area contributed by atoms with E-state index in [0.29, 0.717) is 33.9 Å². The molecule has 0 heterocycles. The van der Waals surface area contributed by atoms with Gasteiger partial charge in [-0.15, -0.1) is 11.8 Å². The molecule has 2 amide bonds. The van der Waals surface area contributed by atoms with Crippen LogP contribution in [0.4, 0.5) is 11.4 Å². The zero-order valence-corrected chi connectivity index (χ0v) is 19.3.